The molecule has 7 N–H and O–H groups in total. The van der Waals surface area contributed by atoms with Crippen LogP contribution in [-0.4, -0.2) is 63.8 Å². The maximum atomic E-state index is 13.2. The van der Waals surface area contributed by atoms with E-state index in [0.29, 0.717) is 12.0 Å². The van der Waals surface area contributed by atoms with Crippen molar-refractivity contribution in [3.8, 4) is 5.75 Å². The Morgan fingerprint density at radius 2 is 1.32 bits per heavy atom. The minimum Gasteiger partial charge on any atom is -0.508 e. The minimum absolute atomic E-state index is 0.0322. The molecule has 2 aromatic rings. The number of phenols is 1. The van der Waals surface area contributed by atoms with Crippen molar-refractivity contribution in [2.24, 2.45) is 11.7 Å². The SMILES string of the molecule is CCC(C)C(N)C(=O)NC(Cc1ccccc1)C(=O)NC(CS)C(=O)NC(Cc1ccc(O)cc1)C(=O)O. The average molecular weight is 545 g/mol. The Morgan fingerprint density at radius 3 is 1.87 bits per heavy atom. The highest BCUT2D eigenvalue weighted by molar-refractivity contribution is 7.80. The van der Waals surface area contributed by atoms with Gasteiger partial charge >= 0.3 is 5.97 Å². The summed E-state index contributed by atoms with van der Waals surface area (Å²) in [6.45, 7) is 3.75. The van der Waals surface area contributed by atoms with Crippen molar-refractivity contribution in [2.75, 3.05) is 5.75 Å². The smallest absolute Gasteiger partial charge is 0.326 e. The van der Waals surface area contributed by atoms with Crippen LogP contribution in [0.1, 0.15) is 31.4 Å². The number of thiol groups is 1. The molecule has 0 heterocycles. The zero-order valence-corrected chi connectivity index (χ0v) is 22.4. The Hall–Kier alpha value is -3.57. The molecule has 206 valence electrons. The van der Waals surface area contributed by atoms with Crippen molar-refractivity contribution in [3.05, 3.63) is 65.7 Å². The summed E-state index contributed by atoms with van der Waals surface area (Å²) in [5.41, 5.74) is 7.43. The molecule has 0 saturated heterocycles. The molecule has 2 aromatic carbocycles. The number of carboxylic acids is 1. The summed E-state index contributed by atoms with van der Waals surface area (Å²) in [7, 11) is 0. The normalized spacial score (nSPS) is 14.8. The van der Waals surface area contributed by atoms with Crippen molar-refractivity contribution in [1.29, 1.82) is 0 Å². The van der Waals surface area contributed by atoms with E-state index in [1.807, 2.05) is 32.0 Å². The summed E-state index contributed by atoms with van der Waals surface area (Å²) >= 11 is 4.17. The van der Waals surface area contributed by atoms with Gasteiger partial charge in [0.2, 0.25) is 17.7 Å². The summed E-state index contributed by atoms with van der Waals surface area (Å²) in [4.78, 5) is 50.7. The molecule has 0 aliphatic rings. The second-order valence-corrected chi connectivity index (χ2v) is 9.54. The number of nitrogens with two attached hydrogens (primary N) is 1. The van der Waals surface area contributed by atoms with Gasteiger partial charge in [-0.05, 0) is 29.2 Å². The first-order chi connectivity index (χ1) is 18.0. The van der Waals surface area contributed by atoms with Crippen LogP contribution in [0.25, 0.3) is 0 Å². The molecular weight excluding hydrogens is 508 g/mol. The van der Waals surface area contributed by atoms with Gasteiger partial charge in [-0.15, -0.1) is 0 Å². The fraction of sp³-hybridized carbons (Fsp3) is 0.407. The van der Waals surface area contributed by atoms with Crippen molar-refractivity contribution in [3.63, 3.8) is 0 Å². The minimum atomic E-state index is -1.28. The number of carboxylic acid groups (broad SMARTS) is 1. The predicted molar refractivity (Wildman–Crippen MR) is 147 cm³/mol. The van der Waals surface area contributed by atoms with Crippen molar-refractivity contribution >= 4 is 36.3 Å². The molecule has 0 aliphatic heterocycles. The maximum Gasteiger partial charge on any atom is 0.326 e. The number of amides is 3. The molecule has 5 unspecified atom stereocenters. The quantitative estimate of drug-likeness (QED) is 0.174. The highest BCUT2D eigenvalue weighted by atomic mass is 32.1. The van der Waals surface area contributed by atoms with Crippen LogP contribution < -0.4 is 21.7 Å². The molecule has 5 atom stereocenters. The number of rotatable bonds is 14. The van der Waals surface area contributed by atoms with Gasteiger partial charge in [-0.1, -0.05) is 62.7 Å². The Morgan fingerprint density at radius 1 is 0.816 bits per heavy atom. The maximum absolute atomic E-state index is 13.2. The molecule has 38 heavy (non-hydrogen) atoms. The average Bonchev–Trinajstić information content (AvgIpc) is 2.91. The second-order valence-electron chi connectivity index (χ2n) is 9.18. The van der Waals surface area contributed by atoms with E-state index in [0.717, 1.165) is 5.56 Å². The van der Waals surface area contributed by atoms with E-state index >= 15 is 0 Å². The van der Waals surface area contributed by atoms with Crippen LogP contribution in [0.4, 0.5) is 0 Å². The molecule has 0 fully saturated rings. The number of phenolic OH excluding ortho intramolecular Hbond substituents is 1. The van der Waals surface area contributed by atoms with Crippen molar-refractivity contribution in [2.45, 2.75) is 57.3 Å². The van der Waals surface area contributed by atoms with Crippen LogP contribution in [0.2, 0.25) is 0 Å². The molecule has 0 spiro atoms. The molecule has 3 amide bonds. The van der Waals surface area contributed by atoms with E-state index in [9.17, 15) is 29.4 Å². The van der Waals surface area contributed by atoms with Gasteiger partial charge in [-0.25, -0.2) is 4.79 Å². The van der Waals surface area contributed by atoms with Gasteiger partial charge in [-0.2, -0.15) is 12.6 Å². The lowest BCUT2D eigenvalue weighted by atomic mass is 9.98. The Bertz CT molecular complexity index is 1080. The summed E-state index contributed by atoms with van der Waals surface area (Å²) in [6.07, 6.45) is 0.806. The molecule has 10 nitrogen and oxygen atoms in total. The van der Waals surface area contributed by atoms with E-state index in [2.05, 4.69) is 28.6 Å². The van der Waals surface area contributed by atoms with E-state index in [-0.39, 0.29) is 30.3 Å². The van der Waals surface area contributed by atoms with Crippen LogP contribution in [0.15, 0.2) is 54.6 Å². The summed E-state index contributed by atoms with van der Waals surface area (Å²) in [5, 5.41) is 26.8. The molecule has 0 aliphatic carbocycles. The topological polar surface area (TPSA) is 171 Å². The lowest BCUT2D eigenvalue weighted by Crippen LogP contribution is -2.58. The molecule has 0 aromatic heterocycles. The third kappa shape index (κ3) is 9.38. The zero-order chi connectivity index (χ0) is 28.2. The third-order valence-corrected chi connectivity index (χ3v) is 6.65. The lowest BCUT2D eigenvalue weighted by Gasteiger charge is -2.25. The van der Waals surface area contributed by atoms with E-state index < -0.39 is 47.9 Å². The number of hydrogen-bond acceptors (Lipinski definition) is 7. The zero-order valence-electron chi connectivity index (χ0n) is 21.5. The van der Waals surface area contributed by atoms with Gasteiger partial charge < -0.3 is 31.9 Å². The Labute approximate surface area is 227 Å². The first-order valence-electron chi connectivity index (χ1n) is 12.4. The van der Waals surface area contributed by atoms with E-state index in [1.54, 1.807) is 24.3 Å². The third-order valence-electron chi connectivity index (χ3n) is 6.28. The van der Waals surface area contributed by atoms with Gasteiger partial charge in [0.05, 0.1) is 6.04 Å². The summed E-state index contributed by atoms with van der Waals surface area (Å²) < 4.78 is 0. The van der Waals surface area contributed by atoms with Crippen molar-refractivity contribution in [1.82, 2.24) is 16.0 Å². The molecule has 2 rings (SSSR count). The van der Waals surface area contributed by atoms with Crippen LogP contribution >= 0.6 is 12.6 Å². The second kappa shape index (κ2) is 15.0. The molecule has 0 saturated carbocycles. The summed E-state index contributed by atoms with van der Waals surface area (Å²) in [6, 6.07) is 10.7. The van der Waals surface area contributed by atoms with Crippen molar-refractivity contribution < 1.29 is 29.4 Å². The number of hydrogen-bond donors (Lipinski definition) is 7. The molecule has 0 radical (unpaired) electrons. The molecule has 0 bridgehead atoms. The van der Waals surface area contributed by atoms with Crippen LogP contribution in [-0.2, 0) is 32.0 Å². The number of carbonyl (C=O) groups excluding carboxylic acids is 3. The fourth-order valence-electron chi connectivity index (χ4n) is 3.65. The number of benzene rings is 2. The number of aromatic hydroxyl groups is 1. The van der Waals surface area contributed by atoms with Gasteiger partial charge in [0.25, 0.3) is 0 Å². The fourth-order valence-corrected chi connectivity index (χ4v) is 3.90. The largest absolute Gasteiger partial charge is 0.508 e. The first-order valence-corrected chi connectivity index (χ1v) is 13.0. The lowest BCUT2D eigenvalue weighted by molar-refractivity contribution is -0.142. The van der Waals surface area contributed by atoms with Gasteiger partial charge in [-0.3, -0.25) is 14.4 Å². The number of nitrogens with one attached hydrogen (secondary N) is 3. The Balaban J connectivity index is 2.14. The highest BCUT2D eigenvalue weighted by Crippen LogP contribution is 2.12. The van der Waals surface area contributed by atoms with Crippen LogP contribution in [0.3, 0.4) is 0 Å². The summed E-state index contributed by atoms with van der Waals surface area (Å²) in [5.74, 6) is -3.29. The predicted octanol–water partition coefficient (Wildman–Crippen LogP) is 1.02. The van der Waals surface area contributed by atoms with E-state index in [4.69, 9.17) is 5.73 Å². The van der Waals surface area contributed by atoms with Gasteiger partial charge in [0, 0.05) is 18.6 Å². The number of carbonyl (C=O) groups is 4. The molecule has 11 heteroatoms. The van der Waals surface area contributed by atoms with Gasteiger partial charge in [0.1, 0.15) is 23.9 Å². The number of aliphatic carboxylic acids is 1. The Kier molecular flexibility index (Phi) is 12.1. The molecular formula is C27H36N4O6S. The standard InChI is InChI=1S/C27H36N4O6S/c1-3-16(2)23(28)26(35)29-20(13-17-7-5-4-6-8-17)24(33)31-22(15-38)25(34)30-21(27(36)37)14-18-9-11-19(32)12-10-18/h4-12,16,20-23,32,38H,3,13-15,28H2,1-2H3,(H,29,35)(H,30,34)(H,31,33)(H,36,37). The van der Waals surface area contributed by atoms with Gasteiger partial charge in [0.15, 0.2) is 0 Å². The monoisotopic (exact) mass is 544 g/mol. The first kappa shape index (κ1) is 30.7. The van der Waals surface area contributed by atoms with Crippen LogP contribution in [0, 0.1) is 5.92 Å². The highest BCUT2D eigenvalue weighted by Gasteiger charge is 2.30. The van der Waals surface area contributed by atoms with E-state index in [1.165, 1.54) is 12.1 Å². The van der Waals surface area contributed by atoms with Crippen LogP contribution in [0.5, 0.6) is 5.75 Å².